The summed E-state index contributed by atoms with van der Waals surface area (Å²) in [6.07, 6.45) is 7.43. The second-order valence-corrected chi connectivity index (χ2v) is 3.90. The molecule has 100 valence electrons. The summed E-state index contributed by atoms with van der Waals surface area (Å²) in [6, 6.07) is 1.61. The third-order valence-corrected chi connectivity index (χ3v) is 2.46. The summed E-state index contributed by atoms with van der Waals surface area (Å²) in [4.78, 5) is 3.96. The van der Waals surface area contributed by atoms with Crippen molar-refractivity contribution in [3.63, 3.8) is 0 Å². The minimum atomic E-state index is -0.0293. The van der Waals surface area contributed by atoms with Crippen molar-refractivity contribution in [1.82, 2.24) is 14.8 Å². The number of aromatic nitrogens is 3. The molecule has 0 aliphatic heterocycles. The molecule has 2 rings (SSSR count). The second-order valence-electron chi connectivity index (χ2n) is 3.90. The number of nitrogens with zero attached hydrogens (tertiary/aromatic N) is 4. The van der Waals surface area contributed by atoms with E-state index in [-0.39, 0.29) is 5.84 Å². The van der Waals surface area contributed by atoms with Crippen LogP contribution in [0.3, 0.4) is 0 Å². The van der Waals surface area contributed by atoms with Gasteiger partial charge in [-0.2, -0.15) is 5.10 Å². The predicted molar refractivity (Wildman–Crippen MR) is 69.3 cm³/mol. The zero-order chi connectivity index (χ0) is 13.7. The summed E-state index contributed by atoms with van der Waals surface area (Å²) >= 11 is 0. The standard InChI is InChI=1S/C12H15N5O2/c1-2-5-17-8-9(6-15-17)19-11-7-14-4-3-10(11)12(13)16-18/h3-4,6-8,18H,2,5H2,1H3,(H2,13,16). The summed E-state index contributed by atoms with van der Waals surface area (Å²) in [7, 11) is 0. The Morgan fingerprint density at radius 1 is 1.53 bits per heavy atom. The molecule has 0 fully saturated rings. The Hall–Kier alpha value is -2.57. The van der Waals surface area contributed by atoms with Crippen LogP contribution < -0.4 is 10.5 Å². The van der Waals surface area contributed by atoms with Gasteiger partial charge in [0.25, 0.3) is 0 Å². The van der Waals surface area contributed by atoms with E-state index in [1.807, 2.05) is 0 Å². The highest BCUT2D eigenvalue weighted by Crippen LogP contribution is 2.23. The normalized spacial score (nSPS) is 11.5. The van der Waals surface area contributed by atoms with Crippen molar-refractivity contribution in [2.24, 2.45) is 10.9 Å². The molecule has 0 radical (unpaired) electrons. The van der Waals surface area contributed by atoms with Crippen LogP contribution in [0.25, 0.3) is 0 Å². The first-order valence-corrected chi connectivity index (χ1v) is 5.86. The average molecular weight is 261 g/mol. The van der Waals surface area contributed by atoms with Crippen LogP contribution in [-0.2, 0) is 6.54 Å². The van der Waals surface area contributed by atoms with Crippen LogP contribution in [0.4, 0.5) is 0 Å². The lowest BCUT2D eigenvalue weighted by Gasteiger charge is -2.07. The van der Waals surface area contributed by atoms with Gasteiger partial charge < -0.3 is 15.7 Å². The van der Waals surface area contributed by atoms with E-state index in [1.165, 1.54) is 6.20 Å². The van der Waals surface area contributed by atoms with Gasteiger partial charge in [-0.1, -0.05) is 12.1 Å². The van der Waals surface area contributed by atoms with Gasteiger partial charge in [-0.05, 0) is 12.5 Å². The fraction of sp³-hybridized carbons (Fsp3) is 0.250. The Labute approximate surface area is 110 Å². The number of oxime groups is 1. The molecule has 2 heterocycles. The third-order valence-electron chi connectivity index (χ3n) is 2.46. The monoisotopic (exact) mass is 261 g/mol. The number of aryl methyl sites for hydroxylation is 1. The SMILES string of the molecule is CCCn1cc(Oc2cnccc2/C(N)=N/O)cn1. The molecule has 0 atom stereocenters. The van der Waals surface area contributed by atoms with Crippen molar-refractivity contribution in [3.8, 4) is 11.5 Å². The van der Waals surface area contributed by atoms with Crippen LogP contribution in [0.1, 0.15) is 18.9 Å². The molecule has 19 heavy (non-hydrogen) atoms. The minimum Gasteiger partial charge on any atom is -0.452 e. The van der Waals surface area contributed by atoms with Gasteiger partial charge in [0, 0.05) is 12.7 Å². The fourth-order valence-corrected chi connectivity index (χ4v) is 1.60. The molecule has 0 unspecified atom stereocenters. The maximum absolute atomic E-state index is 8.72. The molecule has 2 aromatic heterocycles. The molecule has 0 spiro atoms. The lowest BCUT2D eigenvalue weighted by atomic mass is 10.2. The molecular formula is C12H15N5O2. The van der Waals surface area contributed by atoms with Crippen LogP contribution in [-0.4, -0.2) is 25.8 Å². The number of pyridine rings is 1. The molecule has 3 N–H and O–H groups in total. The zero-order valence-electron chi connectivity index (χ0n) is 10.5. The van der Waals surface area contributed by atoms with Gasteiger partial charge in [-0.25, -0.2) is 0 Å². The smallest absolute Gasteiger partial charge is 0.173 e. The van der Waals surface area contributed by atoms with Crippen molar-refractivity contribution in [1.29, 1.82) is 0 Å². The van der Waals surface area contributed by atoms with Crippen LogP contribution in [0.2, 0.25) is 0 Å². The number of rotatable bonds is 5. The van der Waals surface area contributed by atoms with Crippen molar-refractivity contribution in [3.05, 3.63) is 36.4 Å². The highest BCUT2D eigenvalue weighted by molar-refractivity contribution is 5.99. The van der Waals surface area contributed by atoms with Gasteiger partial charge in [0.2, 0.25) is 0 Å². The van der Waals surface area contributed by atoms with Crippen molar-refractivity contribution in [2.75, 3.05) is 0 Å². The van der Waals surface area contributed by atoms with E-state index in [0.717, 1.165) is 13.0 Å². The molecule has 0 bridgehead atoms. The lowest BCUT2D eigenvalue weighted by Crippen LogP contribution is -2.14. The first-order chi connectivity index (χ1) is 9.24. The van der Waals surface area contributed by atoms with Gasteiger partial charge in [0.15, 0.2) is 17.3 Å². The van der Waals surface area contributed by atoms with Gasteiger partial charge in [-0.15, -0.1) is 0 Å². The Morgan fingerprint density at radius 3 is 3.11 bits per heavy atom. The summed E-state index contributed by atoms with van der Waals surface area (Å²) in [5, 5.41) is 15.8. The summed E-state index contributed by atoms with van der Waals surface area (Å²) in [5.41, 5.74) is 6.05. The second kappa shape index (κ2) is 5.85. The van der Waals surface area contributed by atoms with E-state index >= 15 is 0 Å². The first kappa shape index (κ1) is 12.9. The predicted octanol–water partition coefficient (Wildman–Crippen LogP) is 1.57. The average Bonchev–Trinajstić information content (AvgIpc) is 2.86. The third kappa shape index (κ3) is 3.01. The maximum atomic E-state index is 8.72. The van der Waals surface area contributed by atoms with Gasteiger partial charge in [0.05, 0.1) is 24.2 Å². The molecule has 0 amide bonds. The van der Waals surface area contributed by atoms with E-state index in [1.54, 1.807) is 29.3 Å². The number of amidine groups is 1. The molecule has 0 saturated carbocycles. The Morgan fingerprint density at radius 2 is 2.37 bits per heavy atom. The zero-order valence-corrected chi connectivity index (χ0v) is 10.5. The van der Waals surface area contributed by atoms with E-state index in [2.05, 4.69) is 22.2 Å². The number of nitrogens with two attached hydrogens (primary N) is 1. The molecule has 7 heteroatoms. The topological polar surface area (TPSA) is 98.6 Å². The van der Waals surface area contributed by atoms with Crippen LogP contribution in [0.15, 0.2) is 36.0 Å². The molecule has 0 aromatic carbocycles. The van der Waals surface area contributed by atoms with Gasteiger partial charge in [-0.3, -0.25) is 9.67 Å². The summed E-state index contributed by atoms with van der Waals surface area (Å²) in [5.74, 6) is 0.959. The number of hydrogen-bond acceptors (Lipinski definition) is 5. The van der Waals surface area contributed by atoms with Crippen molar-refractivity contribution >= 4 is 5.84 Å². The van der Waals surface area contributed by atoms with E-state index in [0.29, 0.717) is 17.1 Å². The van der Waals surface area contributed by atoms with E-state index < -0.39 is 0 Å². The quantitative estimate of drug-likeness (QED) is 0.368. The highest BCUT2D eigenvalue weighted by atomic mass is 16.5. The largest absolute Gasteiger partial charge is 0.452 e. The summed E-state index contributed by atoms with van der Waals surface area (Å²) < 4.78 is 7.43. The fourth-order valence-electron chi connectivity index (χ4n) is 1.60. The molecule has 2 aromatic rings. The summed E-state index contributed by atoms with van der Waals surface area (Å²) in [6.45, 7) is 2.89. The van der Waals surface area contributed by atoms with E-state index in [4.69, 9.17) is 15.7 Å². The molecule has 7 nitrogen and oxygen atoms in total. The lowest BCUT2D eigenvalue weighted by molar-refractivity contribution is 0.318. The molecule has 0 saturated heterocycles. The Kier molecular flexibility index (Phi) is 3.97. The molecule has 0 aliphatic carbocycles. The highest BCUT2D eigenvalue weighted by Gasteiger charge is 2.10. The number of hydrogen-bond donors (Lipinski definition) is 2. The van der Waals surface area contributed by atoms with Crippen LogP contribution in [0.5, 0.6) is 11.5 Å². The first-order valence-electron chi connectivity index (χ1n) is 5.86. The van der Waals surface area contributed by atoms with E-state index in [9.17, 15) is 0 Å². The van der Waals surface area contributed by atoms with Crippen LogP contribution in [0, 0.1) is 0 Å². The Bertz CT molecular complexity index is 579. The van der Waals surface area contributed by atoms with Gasteiger partial charge in [0.1, 0.15) is 0 Å². The van der Waals surface area contributed by atoms with Crippen molar-refractivity contribution < 1.29 is 9.94 Å². The number of ether oxygens (including phenoxy) is 1. The molecule has 0 aliphatic rings. The van der Waals surface area contributed by atoms with Gasteiger partial charge >= 0.3 is 0 Å². The van der Waals surface area contributed by atoms with Crippen LogP contribution >= 0.6 is 0 Å². The maximum Gasteiger partial charge on any atom is 0.173 e. The minimum absolute atomic E-state index is 0.0293. The van der Waals surface area contributed by atoms with Crippen molar-refractivity contribution in [2.45, 2.75) is 19.9 Å². The Balaban J connectivity index is 2.22. The molecular weight excluding hydrogens is 246 g/mol.